The number of hydrogen-bond acceptors (Lipinski definition) is 2. The normalized spacial score (nSPS) is 10.8. The molecule has 0 atom stereocenters. The maximum atomic E-state index is 10.7. The van der Waals surface area contributed by atoms with Gasteiger partial charge in [0.25, 0.3) is 0 Å². The van der Waals surface area contributed by atoms with Gasteiger partial charge in [0.1, 0.15) is 5.78 Å². The molecule has 0 aliphatic rings. The Labute approximate surface area is 98.1 Å². The molecule has 2 nitrogen and oxygen atoms in total. The van der Waals surface area contributed by atoms with E-state index < -0.39 is 0 Å². The highest BCUT2D eigenvalue weighted by atomic mass is 16.1. The van der Waals surface area contributed by atoms with E-state index in [9.17, 15) is 4.79 Å². The Morgan fingerprint density at radius 2 is 1.88 bits per heavy atom. The van der Waals surface area contributed by atoms with Gasteiger partial charge in [0.2, 0.25) is 0 Å². The summed E-state index contributed by atoms with van der Waals surface area (Å²) in [5.74, 6) is 0.822. The topological polar surface area (TPSA) is 29.1 Å². The third kappa shape index (κ3) is 4.58. The average molecular weight is 219 g/mol. The Balaban J connectivity index is 2.35. The van der Waals surface area contributed by atoms with Crippen molar-refractivity contribution in [2.75, 3.05) is 6.54 Å². The molecule has 0 aromatic heterocycles. The molecule has 88 valence electrons. The second-order valence-electron chi connectivity index (χ2n) is 4.53. The summed E-state index contributed by atoms with van der Waals surface area (Å²) in [6.45, 7) is 7.62. The summed E-state index contributed by atoms with van der Waals surface area (Å²) in [5, 5.41) is 3.26. The molecule has 16 heavy (non-hydrogen) atoms. The zero-order valence-corrected chi connectivity index (χ0v) is 10.4. The highest BCUT2D eigenvalue weighted by molar-refractivity contribution is 5.75. The van der Waals surface area contributed by atoms with E-state index in [2.05, 4.69) is 43.4 Å². The summed E-state index contributed by atoms with van der Waals surface area (Å²) in [7, 11) is 0. The first-order chi connectivity index (χ1) is 7.59. The molecule has 0 saturated heterocycles. The van der Waals surface area contributed by atoms with Crippen molar-refractivity contribution in [2.45, 2.75) is 39.7 Å². The van der Waals surface area contributed by atoms with Crippen LogP contribution in [0.5, 0.6) is 0 Å². The molecule has 0 aliphatic carbocycles. The van der Waals surface area contributed by atoms with Gasteiger partial charge in [-0.1, -0.05) is 38.1 Å². The molecule has 0 heterocycles. The molecule has 1 N–H and O–H groups in total. The largest absolute Gasteiger partial charge is 0.312 e. The zero-order chi connectivity index (χ0) is 12.0. The molecule has 0 spiro atoms. The molecule has 0 bridgehead atoms. The molecule has 0 fully saturated rings. The van der Waals surface area contributed by atoms with Crippen molar-refractivity contribution in [3.63, 3.8) is 0 Å². The molecule has 0 saturated carbocycles. The van der Waals surface area contributed by atoms with E-state index in [4.69, 9.17) is 0 Å². The fourth-order valence-electron chi connectivity index (χ4n) is 1.52. The van der Waals surface area contributed by atoms with Crippen LogP contribution in [0.2, 0.25) is 0 Å². The monoisotopic (exact) mass is 219 g/mol. The number of benzene rings is 1. The molecule has 1 aromatic carbocycles. The van der Waals surface area contributed by atoms with Crippen molar-refractivity contribution in [1.82, 2.24) is 5.32 Å². The summed E-state index contributed by atoms with van der Waals surface area (Å²) in [4.78, 5) is 10.7. The molecule has 2 heteroatoms. The number of Topliss-reactive ketones (excluding diaryl/α,β-unsaturated/α-hetero) is 1. The highest BCUT2D eigenvalue weighted by Crippen LogP contribution is 2.14. The molecule has 0 amide bonds. The summed E-state index contributed by atoms with van der Waals surface area (Å²) in [6.07, 6.45) is 0.615. The standard InChI is InChI=1S/C14H21NO/c1-11(2)14-6-4-13(5-7-14)10-15-9-8-12(3)16/h4-7,11,15H,8-10H2,1-3H3. The lowest BCUT2D eigenvalue weighted by Gasteiger charge is -2.07. The lowest BCUT2D eigenvalue weighted by Crippen LogP contribution is -2.16. The van der Waals surface area contributed by atoms with Crippen LogP contribution in [0.25, 0.3) is 0 Å². The Hall–Kier alpha value is -1.15. The lowest BCUT2D eigenvalue weighted by atomic mass is 10.0. The number of nitrogens with one attached hydrogen (secondary N) is 1. The Bertz CT molecular complexity index is 327. The van der Waals surface area contributed by atoms with Crippen LogP contribution >= 0.6 is 0 Å². The minimum absolute atomic E-state index is 0.239. The SMILES string of the molecule is CC(=O)CCNCc1ccc(C(C)C)cc1. The molecule has 0 unspecified atom stereocenters. The Morgan fingerprint density at radius 1 is 1.25 bits per heavy atom. The van der Waals surface area contributed by atoms with Gasteiger partial charge in [-0.25, -0.2) is 0 Å². The van der Waals surface area contributed by atoms with Gasteiger partial charge in [-0.15, -0.1) is 0 Å². The van der Waals surface area contributed by atoms with Gasteiger partial charge in [-0.05, 0) is 24.0 Å². The van der Waals surface area contributed by atoms with E-state index in [1.807, 2.05) is 0 Å². The fourth-order valence-corrected chi connectivity index (χ4v) is 1.52. The van der Waals surface area contributed by atoms with E-state index in [-0.39, 0.29) is 5.78 Å². The molecule has 0 aliphatic heterocycles. The predicted molar refractivity (Wildman–Crippen MR) is 67.5 cm³/mol. The number of carbonyl (C=O) groups is 1. The Kier molecular flexibility index (Phi) is 5.20. The maximum Gasteiger partial charge on any atom is 0.131 e. The first-order valence-corrected chi connectivity index (χ1v) is 5.88. The molecular formula is C14H21NO. The first-order valence-electron chi connectivity index (χ1n) is 5.88. The van der Waals surface area contributed by atoms with Crippen LogP contribution in [0.1, 0.15) is 44.2 Å². The Morgan fingerprint density at radius 3 is 2.38 bits per heavy atom. The minimum Gasteiger partial charge on any atom is -0.312 e. The number of carbonyl (C=O) groups excluding carboxylic acids is 1. The van der Waals surface area contributed by atoms with Crippen LogP contribution in [0.15, 0.2) is 24.3 Å². The van der Waals surface area contributed by atoms with Crippen molar-refractivity contribution in [1.29, 1.82) is 0 Å². The van der Waals surface area contributed by atoms with Crippen LogP contribution in [0, 0.1) is 0 Å². The summed E-state index contributed by atoms with van der Waals surface area (Å²) < 4.78 is 0. The number of ketones is 1. The third-order valence-electron chi connectivity index (χ3n) is 2.63. The predicted octanol–water partition coefficient (Wildman–Crippen LogP) is 2.88. The van der Waals surface area contributed by atoms with E-state index in [0.29, 0.717) is 12.3 Å². The van der Waals surface area contributed by atoms with Gasteiger partial charge in [0, 0.05) is 19.5 Å². The van der Waals surface area contributed by atoms with Crippen molar-refractivity contribution in [3.05, 3.63) is 35.4 Å². The number of hydrogen-bond donors (Lipinski definition) is 1. The summed E-state index contributed by atoms with van der Waals surface area (Å²) in [6, 6.07) is 8.64. The van der Waals surface area contributed by atoms with Gasteiger partial charge in [-0.3, -0.25) is 4.79 Å². The minimum atomic E-state index is 0.239. The quantitative estimate of drug-likeness (QED) is 0.745. The van der Waals surface area contributed by atoms with Crippen LogP contribution in [-0.2, 0) is 11.3 Å². The maximum absolute atomic E-state index is 10.7. The zero-order valence-electron chi connectivity index (χ0n) is 10.4. The van der Waals surface area contributed by atoms with Crippen LogP contribution in [0.3, 0.4) is 0 Å². The van der Waals surface area contributed by atoms with Crippen LogP contribution in [-0.4, -0.2) is 12.3 Å². The smallest absolute Gasteiger partial charge is 0.131 e. The lowest BCUT2D eigenvalue weighted by molar-refractivity contribution is -0.116. The second-order valence-corrected chi connectivity index (χ2v) is 4.53. The summed E-state index contributed by atoms with van der Waals surface area (Å²) in [5.41, 5.74) is 2.64. The van der Waals surface area contributed by atoms with E-state index in [1.165, 1.54) is 11.1 Å². The molecule has 1 aromatic rings. The summed E-state index contributed by atoms with van der Waals surface area (Å²) >= 11 is 0. The van der Waals surface area contributed by atoms with Crippen molar-refractivity contribution in [3.8, 4) is 0 Å². The molecule has 0 radical (unpaired) electrons. The molecule has 1 rings (SSSR count). The van der Waals surface area contributed by atoms with E-state index in [0.717, 1.165) is 13.1 Å². The highest BCUT2D eigenvalue weighted by Gasteiger charge is 1.99. The molecular weight excluding hydrogens is 198 g/mol. The van der Waals surface area contributed by atoms with E-state index >= 15 is 0 Å². The van der Waals surface area contributed by atoms with Crippen molar-refractivity contribution in [2.24, 2.45) is 0 Å². The second kappa shape index (κ2) is 6.44. The van der Waals surface area contributed by atoms with Gasteiger partial charge >= 0.3 is 0 Å². The average Bonchev–Trinajstić information content (AvgIpc) is 2.25. The van der Waals surface area contributed by atoms with Crippen molar-refractivity contribution < 1.29 is 4.79 Å². The van der Waals surface area contributed by atoms with Crippen LogP contribution in [0.4, 0.5) is 0 Å². The van der Waals surface area contributed by atoms with Crippen molar-refractivity contribution >= 4 is 5.78 Å². The third-order valence-corrected chi connectivity index (χ3v) is 2.63. The van der Waals surface area contributed by atoms with Gasteiger partial charge < -0.3 is 5.32 Å². The fraction of sp³-hybridized carbons (Fsp3) is 0.500. The van der Waals surface area contributed by atoms with Gasteiger partial charge in [0.05, 0.1) is 0 Å². The first kappa shape index (κ1) is 12.9. The van der Waals surface area contributed by atoms with Crippen LogP contribution < -0.4 is 5.32 Å². The number of rotatable bonds is 6. The van der Waals surface area contributed by atoms with Gasteiger partial charge in [-0.2, -0.15) is 0 Å². The van der Waals surface area contributed by atoms with E-state index in [1.54, 1.807) is 6.92 Å². The van der Waals surface area contributed by atoms with Gasteiger partial charge in [0.15, 0.2) is 0 Å².